The number of carbonyl (C=O) groups excluding carboxylic acids is 1. The molecular weight excluding hydrogens is 384 g/mol. The van der Waals surface area contributed by atoms with E-state index in [-0.39, 0.29) is 29.9 Å². The molecule has 0 saturated carbocycles. The van der Waals surface area contributed by atoms with E-state index in [9.17, 15) is 14.4 Å². The Morgan fingerprint density at radius 2 is 1.83 bits per heavy atom. The number of hydrogen-bond donors (Lipinski definition) is 2. The van der Waals surface area contributed by atoms with E-state index >= 15 is 0 Å². The minimum Gasteiger partial charge on any atom is -0.336 e. The highest BCUT2D eigenvalue weighted by Gasteiger charge is 2.12. The van der Waals surface area contributed by atoms with Gasteiger partial charge < -0.3 is 9.55 Å². The van der Waals surface area contributed by atoms with Crippen LogP contribution in [0.2, 0.25) is 0 Å². The van der Waals surface area contributed by atoms with Crippen molar-refractivity contribution in [3.8, 4) is 0 Å². The van der Waals surface area contributed by atoms with Crippen LogP contribution in [0.1, 0.15) is 17.8 Å². The van der Waals surface area contributed by atoms with Crippen molar-refractivity contribution < 1.29 is 4.79 Å². The monoisotopic (exact) mass is 404 g/mol. The SMILES string of the molecule is Cn1c(=O)[nH]c(=O)c2[nH]c(CCC(=O)N=c3ccccn3Cc3ccccc3)nc21. The number of aryl methyl sites for hydroxylation is 2. The van der Waals surface area contributed by atoms with Crippen molar-refractivity contribution in [3.63, 3.8) is 0 Å². The molecule has 2 N–H and O–H groups in total. The lowest BCUT2D eigenvalue weighted by atomic mass is 10.2. The number of imidazole rings is 1. The van der Waals surface area contributed by atoms with E-state index in [4.69, 9.17) is 0 Å². The van der Waals surface area contributed by atoms with Crippen LogP contribution >= 0.6 is 0 Å². The molecule has 9 nitrogen and oxygen atoms in total. The zero-order valence-electron chi connectivity index (χ0n) is 16.3. The van der Waals surface area contributed by atoms with Crippen LogP contribution in [0, 0.1) is 0 Å². The van der Waals surface area contributed by atoms with E-state index in [1.807, 2.05) is 53.2 Å². The number of nitrogens with zero attached hydrogens (tertiary/aromatic N) is 4. The molecule has 0 atom stereocenters. The normalized spacial score (nSPS) is 11.8. The fourth-order valence-electron chi connectivity index (χ4n) is 3.16. The van der Waals surface area contributed by atoms with Gasteiger partial charge >= 0.3 is 5.69 Å². The van der Waals surface area contributed by atoms with Gasteiger partial charge in [0.1, 0.15) is 16.8 Å². The van der Waals surface area contributed by atoms with Gasteiger partial charge in [0.2, 0.25) is 5.91 Å². The number of aromatic nitrogens is 5. The molecule has 0 radical (unpaired) electrons. The first-order valence-electron chi connectivity index (χ1n) is 9.46. The smallest absolute Gasteiger partial charge is 0.329 e. The molecule has 3 heterocycles. The molecule has 0 bridgehead atoms. The van der Waals surface area contributed by atoms with Crippen LogP contribution in [0.25, 0.3) is 11.2 Å². The molecule has 9 heteroatoms. The first-order valence-corrected chi connectivity index (χ1v) is 9.46. The van der Waals surface area contributed by atoms with Gasteiger partial charge in [0.05, 0.1) is 0 Å². The molecule has 0 aliphatic carbocycles. The quantitative estimate of drug-likeness (QED) is 0.513. The molecule has 152 valence electrons. The van der Waals surface area contributed by atoms with Crippen LogP contribution < -0.4 is 16.7 Å². The predicted molar refractivity (Wildman–Crippen MR) is 111 cm³/mol. The fraction of sp³-hybridized carbons (Fsp3) is 0.190. The number of pyridine rings is 1. The van der Waals surface area contributed by atoms with Crippen LogP contribution in [-0.4, -0.2) is 30.0 Å². The van der Waals surface area contributed by atoms with E-state index in [1.165, 1.54) is 11.6 Å². The summed E-state index contributed by atoms with van der Waals surface area (Å²) in [6.07, 6.45) is 2.27. The standard InChI is InChI=1S/C21H20N6O3/c1-26-19-18(20(29)25-21(26)30)22-15(23-19)10-11-17(28)24-16-9-5-6-12-27(16)13-14-7-3-2-4-8-14/h2-9,12H,10-11,13H2,1H3,(H,22,23)(H,25,29,30). The van der Waals surface area contributed by atoms with Gasteiger partial charge in [-0.1, -0.05) is 36.4 Å². The van der Waals surface area contributed by atoms with Gasteiger partial charge in [-0.15, -0.1) is 0 Å². The predicted octanol–water partition coefficient (Wildman–Crippen LogP) is 0.860. The van der Waals surface area contributed by atoms with Crippen molar-refractivity contribution in [2.24, 2.45) is 12.0 Å². The molecule has 1 aromatic carbocycles. The van der Waals surface area contributed by atoms with Crippen LogP contribution in [0.15, 0.2) is 69.3 Å². The Labute approximate surface area is 170 Å². The third-order valence-corrected chi connectivity index (χ3v) is 4.73. The van der Waals surface area contributed by atoms with E-state index in [0.29, 0.717) is 17.9 Å². The number of nitrogens with one attached hydrogen (secondary N) is 2. The molecule has 0 unspecified atom stereocenters. The number of carbonyl (C=O) groups is 1. The Bertz CT molecular complexity index is 1390. The third kappa shape index (κ3) is 4.04. The summed E-state index contributed by atoms with van der Waals surface area (Å²) >= 11 is 0. The Balaban J connectivity index is 1.53. The fourth-order valence-corrected chi connectivity index (χ4v) is 3.16. The summed E-state index contributed by atoms with van der Waals surface area (Å²) in [5.74, 6) is 0.150. The lowest BCUT2D eigenvalue weighted by Gasteiger charge is -2.07. The maximum Gasteiger partial charge on any atom is 0.329 e. The van der Waals surface area contributed by atoms with Crippen molar-refractivity contribution in [1.29, 1.82) is 0 Å². The molecular formula is C21H20N6O3. The molecule has 30 heavy (non-hydrogen) atoms. The average Bonchev–Trinajstić information content (AvgIpc) is 3.18. The second kappa shape index (κ2) is 8.16. The molecule has 0 aliphatic rings. The first-order chi connectivity index (χ1) is 14.5. The van der Waals surface area contributed by atoms with E-state index in [0.717, 1.165) is 5.56 Å². The van der Waals surface area contributed by atoms with Crippen molar-refractivity contribution >= 4 is 17.1 Å². The maximum absolute atomic E-state index is 12.4. The zero-order valence-corrected chi connectivity index (χ0v) is 16.3. The summed E-state index contributed by atoms with van der Waals surface area (Å²) in [4.78, 5) is 49.6. The zero-order chi connectivity index (χ0) is 21.1. The van der Waals surface area contributed by atoms with Crippen LogP contribution in [-0.2, 0) is 24.8 Å². The van der Waals surface area contributed by atoms with Gasteiger partial charge in [0.15, 0.2) is 5.65 Å². The molecule has 4 aromatic rings. The van der Waals surface area contributed by atoms with Gasteiger partial charge in [-0.2, -0.15) is 4.99 Å². The minimum absolute atomic E-state index is 0.117. The average molecular weight is 404 g/mol. The summed E-state index contributed by atoms with van der Waals surface area (Å²) in [7, 11) is 1.52. The molecule has 0 fully saturated rings. The second-order valence-electron chi connectivity index (χ2n) is 6.88. The van der Waals surface area contributed by atoms with Crippen LogP contribution in [0.4, 0.5) is 0 Å². The third-order valence-electron chi connectivity index (χ3n) is 4.73. The number of fused-ring (bicyclic) bond motifs is 1. The summed E-state index contributed by atoms with van der Waals surface area (Å²) in [6, 6.07) is 15.4. The first kappa shape index (κ1) is 19.3. The van der Waals surface area contributed by atoms with Crippen molar-refractivity contribution in [3.05, 3.63) is 92.4 Å². The Morgan fingerprint density at radius 1 is 1.07 bits per heavy atom. The van der Waals surface area contributed by atoms with Crippen molar-refractivity contribution in [2.45, 2.75) is 19.4 Å². The van der Waals surface area contributed by atoms with Crippen LogP contribution in [0.5, 0.6) is 0 Å². The van der Waals surface area contributed by atoms with Gasteiger partial charge in [0, 0.05) is 32.6 Å². The topological polar surface area (TPSA) is 118 Å². The highest BCUT2D eigenvalue weighted by Crippen LogP contribution is 2.06. The summed E-state index contributed by atoms with van der Waals surface area (Å²) < 4.78 is 3.16. The number of hydrogen-bond acceptors (Lipinski definition) is 4. The molecule has 0 spiro atoms. The van der Waals surface area contributed by atoms with E-state index in [1.54, 1.807) is 6.07 Å². The lowest BCUT2D eigenvalue weighted by molar-refractivity contribution is -0.118. The number of aromatic amines is 2. The van der Waals surface area contributed by atoms with Crippen molar-refractivity contribution in [1.82, 2.24) is 24.1 Å². The number of rotatable bonds is 5. The summed E-state index contributed by atoms with van der Waals surface area (Å²) in [5.41, 5.74) is 1.07. The molecule has 3 aromatic heterocycles. The largest absolute Gasteiger partial charge is 0.336 e. The maximum atomic E-state index is 12.4. The minimum atomic E-state index is -0.538. The Morgan fingerprint density at radius 3 is 2.63 bits per heavy atom. The number of H-pyrrole nitrogens is 2. The number of benzene rings is 1. The Hall–Kier alpha value is -4.01. The van der Waals surface area contributed by atoms with Gasteiger partial charge in [-0.25, -0.2) is 9.78 Å². The van der Waals surface area contributed by atoms with E-state index < -0.39 is 11.2 Å². The van der Waals surface area contributed by atoms with Gasteiger partial charge in [-0.3, -0.25) is 19.1 Å². The molecule has 0 aliphatic heterocycles. The van der Waals surface area contributed by atoms with Crippen LogP contribution in [0.3, 0.4) is 0 Å². The van der Waals surface area contributed by atoms with E-state index in [2.05, 4.69) is 19.9 Å². The highest BCUT2D eigenvalue weighted by molar-refractivity contribution is 5.77. The second-order valence-corrected chi connectivity index (χ2v) is 6.88. The lowest BCUT2D eigenvalue weighted by Crippen LogP contribution is -2.28. The highest BCUT2D eigenvalue weighted by atomic mass is 16.2. The number of amides is 1. The van der Waals surface area contributed by atoms with Gasteiger partial charge in [-0.05, 0) is 17.7 Å². The van der Waals surface area contributed by atoms with Crippen molar-refractivity contribution in [2.75, 3.05) is 0 Å². The van der Waals surface area contributed by atoms with Gasteiger partial charge in [0.25, 0.3) is 5.56 Å². The summed E-state index contributed by atoms with van der Waals surface area (Å²) in [6.45, 7) is 0.605. The summed E-state index contributed by atoms with van der Waals surface area (Å²) in [5, 5.41) is 0. The molecule has 1 amide bonds. The molecule has 4 rings (SSSR count). The molecule has 0 saturated heterocycles. The Kier molecular flexibility index (Phi) is 5.25.